The average molecular weight is 392 g/mol. The van der Waals surface area contributed by atoms with Crippen LogP contribution in [0.25, 0.3) is 0 Å². The molecule has 1 amide bonds. The summed E-state index contributed by atoms with van der Waals surface area (Å²) in [6.45, 7) is 10.1. The SMILES string of the molecule is CCN(CCNCc1cc(Br)ccc1Cl)C(=O)OC(C)(C)C. The van der Waals surface area contributed by atoms with Gasteiger partial charge >= 0.3 is 6.09 Å². The van der Waals surface area contributed by atoms with Crippen LogP contribution in [0.1, 0.15) is 33.3 Å². The van der Waals surface area contributed by atoms with Gasteiger partial charge in [0, 0.05) is 35.7 Å². The normalized spacial score (nSPS) is 11.4. The van der Waals surface area contributed by atoms with E-state index >= 15 is 0 Å². The molecule has 1 aromatic rings. The molecule has 0 aromatic heterocycles. The fraction of sp³-hybridized carbons (Fsp3) is 0.562. The lowest BCUT2D eigenvalue weighted by Gasteiger charge is -2.26. The highest BCUT2D eigenvalue weighted by Crippen LogP contribution is 2.20. The zero-order chi connectivity index (χ0) is 16.8. The van der Waals surface area contributed by atoms with Crippen molar-refractivity contribution in [3.05, 3.63) is 33.3 Å². The molecule has 4 nitrogen and oxygen atoms in total. The molecule has 0 aliphatic rings. The molecule has 0 aliphatic heterocycles. The minimum atomic E-state index is -0.470. The quantitative estimate of drug-likeness (QED) is 0.728. The van der Waals surface area contributed by atoms with Gasteiger partial charge in [-0.15, -0.1) is 0 Å². The van der Waals surface area contributed by atoms with Gasteiger partial charge in [-0.2, -0.15) is 0 Å². The van der Waals surface area contributed by atoms with Crippen molar-refractivity contribution in [2.45, 2.75) is 39.8 Å². The van der Waals surface area contributed by atoms with Gasteiger partial charge in [0.25, 0.3) is 0 Å². The molecule has 0 atom stereocenters. The number of halogens is 2. The third kappa shape index (κ3) is 6.99. The van der Waals surface area contributed by atoms with Crippen LogP contribution in [0.4, 0.5) is 4.79 Å². The third-order valence-electron chi connectivity index (χ3n) is 2.92. The number of nitrogens with zero attached hydrogens (tertiary/aromatic N) is 1. The highest BCUT2D eigenvalue weighted by Gasteiger charge is 2.20. The van der Waals surface area contributed by atoms with Crippen LogP contribution in [0, 0.1) is 0 Å². The van der Waals surface area contributed by atoms with Gasteiger partial charge in [-0.25, -0.2) is 4.79 Å². The Morgan fingerprint density at radius 3 is 2.68 bits per heavy atom. The number of likely N-dealkylation sites (N-methyl/N-ethyl adjacent to an activating group) is 1. The number of nitrogens with one attached hydrogen (secondary N) is 1. The molecule has 0 bridgehead atoms. The lowest BCUT2D eigenvalue weighted by molar-refractivity contribution is 0.0262. The van der Waals surface area contributed by atoms with Gasteiger partial charge in [0.05, 0.1) is 0 Å². The Balaban J connectivity index is 2.41. The van der Waals surface area contributed by atoms with E-state index in [0.717, 1.165) is 15.1 Å². The van der Waals surface area contributed by atoms with E-state index in [1.807, 2.05) is 45.9 Å². The predicted octanol–water partition coefficient (Wildman–Crippen LogP) is 4.45. The van der Waals surface area contributed by atoms with E-state index < -0.39 is 5.60 Å². The predicted molar refractivity (Wildman–Crippen MR) is 94.3 cm³/mol. The number of carbonyl (C=O) groups is 1. The van der Waals surface area contributed by atoms with E-state index in [1.165, 1.54) is 0 Å². The molecule has 6 heteroatoms. The monoisotopic (exact) mass is 390 g/mol. The molecule has 0 saturated heterocycles. The number of carbonyl (C=O) groups excluding carboxylic acids is 1. The number of hydrogen-bond acceptors (Lipinski definition) is 3. The molecule has 22 heavy (non-hydrogen) atoms. The first kappa shape index (κ1) is 19.3. The smallest absolute Gasteiger partial charge is 0.410 e. The van der Waals surface area contributed by atoms with Gasteiger partial charge < -0.3 is 15.0 Å². The Bertz CT molecular complexity index is 503. The van der Waals surface area contributed by atoms with Crippen molar-refractivity contribution in [3.8, 4) is 0 Å². The van der Waals surface area contributed by atoms with E-state index in [4.69, 9.17) is 16.3 Å². The summed E-state index contributed by atoms with van der Waals surface area (Å²) in [5.74, 6) is 0. The molecule has 0 heterocycles. The van der Waals surface area contributed by atoms with Crippen molar-refractivity contribution in [1.29, 1.82) is 0 Å². The Kier molecular flexibility index (Phi) is 7.66. The van der Waals surface area contributed by atoms with Crippen LogP contribution in [0.15, 0.2) is 22.7 Å². The minimum Gasteiger partial charge on any atom is -0.444 e. The van der Waals surface area contributed by atoms with Crippen molar-refractivity contribution >= 4 is 33.6 Å². The standard InChI is InChI=1S/C16H24BrClN2O2/c1-5-20(15(21)22-16(2,3)4)9-8-19-11-12-10-13(17)6-7-14(12)18/h6-7,10,19H,5,8-9,11H2,1-4H3. The Morgan fingerprint density at radius 2 is 2.09 bits per heavy atom. The van der Waals surface area contributed by atoms with Crippen molar-refractivity contribution < 1.29 is 9.53 Å². The molecule has 1 N–H and O–H groups in total. The Hall–Kier alpha value is -0.780. The summed E-state index contributed by atoms with van der Waals surface area (Å²) in [4.78, 5) is 13.7. The molecule has 1 aromatic carbocycles. The molecular weight excluding hydrogens is 368 g/mol. The summed E-state index contributed by atoms with van der Waals surface area (Å²) in [5.41, 5.74) is 0.554. The van der Waals surface area contributed by atoms with Crippen LogP contribution in [0.5, 0.6) is 0 Å². The fourth-order valence-corrected chi connectivity index (χ4v) is 2.41. The molecule has 0 saturated carbocycles. The van der Waals surface area contributed by atoms with Crippen LogP contribution in [-0.4, -0.2) is 36.2 Å². The second-order valence-electron chi connectivity index (χ2n) is 5.97. The molecule has 0 fully saturated rings. The maximum absolute atomic E-state index is 12.0. The van der Waals surface area contributed by atoms with E-state index in [2.05, 4.69) is 21.2 Å². The summed E-state index contributed by atoms with van der Waals surface area (Å²) in [6.07, 6.45) is -0.280. The molecule has 0 radical (unpaired) electrons. The largest absolute Gasteiger partial charge is 0.444 e. The van der Waals surface area contributed by atoms with Gasteiger partial charge in [-0.05, 0) is 51.5 Å². The third-order valence-corrected chi connectivity index (χ3v) is 3.78. The minimum absolute atomic E-state index is 0.280. The van der Waals surface area contributed by atoms with Crippen molar-refractivity contribution in [3.63, 3.8) is 0 Å². The van der Waals surface area contributed by atoms with Gasteiger partial charge in [0.1, 0.15) is 5.60 Å². The van der Waals surface area contributed by atoms with E-state index in [9.17, 15) is 4.79 Å². The first-order valence-corrected chi connectivity index (χ1v) is 8.52. The summed E-state index contributed by atoms with van der Waals surface area (Å²) >= 11 is 9.57. The molecule has 124 valence electrons. The maximum Gasteiger partial charge on any atom is 0.410 e. The molecule has 1 rings (SSSR count). The first-order valence-electron chi connectivity index (χ1n) is 7.35. The second-order valence-corrected chi connectivity index (χ2v) is 7.30. The summed E-state index contributed by atoms with van der Waals surface area (Å²) < 4.78 is 6.37. The van der Waals surface area contributed by atoms with Crippen LogP contribution in [-0.2, 0) is 11.3 Å². The first-order chi connectivity index (χ1) is 10.2. The van der Waals surface area contributed by atoms with Gasteiger partial charge in [-0.3, -0.25) is 0 Å². The maximum atomic E-state index is 12.0. The summed E-state index contributed by atoms with van der Waals surface area (Å²) in [5, 5.41) is 4.03. The number of rotatable bonds is 6. The molecular formula is C16H24BrClN2O2. The number of ether oxygens (including phenoxy) is 1. The van der Waals surface area contributed by atoms with Gasteiger partial charge in [0.15, 0.2) is 0 Å². The average Bonchev–Trinajstić information content (AvgIpc) is 2.40. The van der Waals surface area contributed by atoms with Crippen molar-refractivity contribution in [1.82, 2.24) is 10.2 Å². The topological polar surface area (TPSA) is 41.6 Å². The lowest BCUT2D eigenvalue weighted by atomic mass is 10.2. The number of hydrogen-bond donors (Lipinski definition) is 1. The van der Waals surface area contributed by atoms with Crippen LogP contribution in [0.2, 0.25) is 5.02 Å². The van der Waals surface area contributed by atoms with Crippen LogP contribution >= 0.6 is 27.5 Å². The van der Waals surface area contributed by atoms with Crippen molar-refractivity contribution in [2.75, 3.05) is 19.6 Å². The zero-order valence-corrected chi connectivity index (χ0v) is 15.9. The second kappa shape index (κ2) is 8.75. The van der Waals surface area contributed by atoms with E-state index in [0.29, 0.717) is 26.2 Å². The fourth-order valence-electron chi connectivity index (χ4n) is 1.82. The summed E-state index contributed by atoms with van der Waals surface area (Å²) in [6, 6.07) is 5.76. The summed E-state index contributed by atoms with van der Waals surface area (Å²) in [7, 11) is 0. The van der Waals surface area contributed by atoms with Crippen LogP contribution in [0.3, 0.4) is 0 Å². The van der Waals surface area contributed by atoms with Crippen molar-refractivity contribution in [2.24, 2.45) is 0 Å². The lowest BCUT2D eigenvalue weighted by Crippen LogP contribution is -2.40. The van der Waals surface area contributed by atoms with Gasteiger partial charge in [0.2, 0.25) is 0 Å². The Morgan fingerprint density at radius 1 is 1.41 bits per heavy atom. The highest BCUT2D eigenvalue weighted by atomic mass is 79.9. The highest BCUT2D eigenvalue weighted by molar-refractivity contribution is 9.10. The molecule has 0 unspecified atom stereocenters. The van der Waals surface area contributed by atoms with E-state index in [-0.39, 0.29) is 6.09 Å². The van der Waals surface area contributed by atoms with E-state index in [1.54, 1.807) is 4.90 Å². The number of benzene rings is 1. The number of amides is 1. The molecule has 0 spiro atoms. The molecule has 0 aliphatic carbocycles. The van der Waals surface area contributed by atoms with Crippen LogP contribution < -0.4 is 5.32 Å². The zero-order valence-electron chi connectivity index (χ0n) is 13.6. The van der Waals surface area contributed by atoms with Gasteiger partial charge in [-0.1, -0.05) is 27.5 Å². The Labute approximate surface area is 146 Å².